The van der Waals surface area contributed by atoms with Gasteiger partial charge in [0.05, 0.1) is 23.6 Å². The van der Waals surface area contributed by atoms with Gasteiger partial charge in [-0.15, -0.1) is 0 Å². The van der Waals surface area contributed by atoms with E-state index < -0.39 is 6.04 Å². The fourth-order valence-corrected chi connectivity index (χ4v) is 4.41. The fourth-order valence-electron chi connectivity index (χ4n) is 4.41. The van der Waals surface area contributed by atoms with Crippen LogP contribution in [0.15, 0.2) is 88.1 Å². The van der Waals surface area contributed by atoms with Crippen LogP contribution in [0.3, 0.4) is 0 Å². The van der Waals surface area contributed by atoms with E-state index in [0.717, 1.165) is 30.6 Å². The van der Waals surface area contributed by atoms with Crippen molar-refractivity contribution in [3.8, 4) is 5.75 Å². The Kier molecular flexibility index (Phi) is 5.69. The summed E-state index contributed by atoms with van der Waals surface area (Å²) in [6, 6.07) is 23.5. The maximum Gasteiger partial charge on any atom is 0.295 e. The van der Waals surface area contributed by atoms with Crippen LogP contribution in [-0.2, 0) is 0 Å². The van der Waals surface area contributed by atoms with Gasteiger partial charge in [0.25, 0.3) is 5.91 Å². The molecule has 4 aromatic rings. The van der Waals surface area contributed by atoms with E-state index in [9.17, 15) is 9.59 Å². The number of para-hydroxylation sites is 2. The standard InChI is InChI=1S/C28H25NO4/c1-2-3-9-17-32-21-14-10-11-19(18-21)25-24-26(30)22-15-7-8-16-23(22)33-27(24)28(31)29(25)20-12-5-4-6-13-20/h4-8,10-16,18,25H,2-3,9,17H2,1H3. The third kappa shape index (κ3) is 3.80. The molecule has 166 valence electrons. The SMILES string of the molecule is CCCCCOc1cccc(C2c3c(oc4ccccc4c3=O)C(=O)N2c2ccccc2)c1. The van der Waals surface area contributed by atoms with Crippen LogP contribution in [0.1, 0.15) is 53.9 Å². The van der Waals surface area contributed by atoms with E-state index in [0.29, 0.717) is 28.8 Å². The minimum atomic E-state index is -0.602. The molecule has 1 aliphatic rings. The first-order chi connectivity index (χ1) is 16.2. The van der Waals surface area contributed by atoms with Crippen LogP contribution in [0.25, 0.3) is 11.0 Å². The smallest absolute Gasteiger partial charge is 0.295 e. The summed E-state index contributed by atoms with van der Waals surface area (Å²) in [6.45, 7) is 2.79. The van der Waals surface area contributed by atoms with Crippen molar-refractivity contribution in [2.24, 2.45) is 0 Å². The summed E-state index contributed by atoms with van der Waals surface area (Å²) in [7, 11) is 0. The average Bonchev–Trinajstić information content (AvgIpc) is 3.15. The lowest BCUT2D eigenvalue weighted by atomic mass is 9.98. The second-order valence-electron chi connectivity index (χ2n) is 8.21. The van der Waals surface area contributed by atoms with Crippen LogP contribution in [0.2, 0.25) is 0 Å². The van der Waals surface area contributed by atoms with Gasteiger partial charge in [-0.3, -0.25) is 14.5 Å². The number of carbonyl (C=O) groups is 1. The Balaban J connectivity index is 1.65. The number of hydrogen-bond donors (Lipinski definition) is 0. The van der Waals surface area contributed by atoms with Crippen LogP contribution in [0, 0.1) is 0 Å². The number of benzene rings is 3. The van der Waals surface area contributed by atoms with Crippen molar-refractivity contribution >= 4 is 22.6 Å². The first-order valence-electron chi connectivity index (χ1n) is 11.4. The molecule has 0 spiro atoms. The zero-order chi connectivity index (χ0) is 22.8. The topological polar surface area (TPSA) is 59.8 Å². The summed E-state index contributed by atoms with van der Waals surface area (Å²) in [5, 5.41) is 0.468. The molecule has 0 bridgehead atoms. The molecule has 0 radical (unpaired) electrons. The maximum absolute atomic E-state index is 13.6. The second kappa shape index (κ2) is 8.94. The molecule has 1 atom stereocenters. The van der Waals surface area contributed by atoms with Crippen molar-refractivity contribution in [1.82, 2.24) is 0 Å². The molecule has 0 N–H and O–H groups in total. The summed E-state index contributed by atoms with van der Waals surface area (Å²) in [6.07, 6.45) is 3.22. The van der Waals surface area contributed by atoms with Crippen molar-refractivity contribution in [3.63, 3.8) is 0 Å². The van der Waals surface area contributed by atoms with Gasteiger partial charge in [-0.2, -0.15) is 0 Å². The highest BCUT2D eigenvalue weighted by Crippen LogP contribution is 2.41. The number of anilines is 1. The lowest BCUT2D eigenvalue weighted by Gasteiger charge is -2.25. The number of carbonyl (C=O) groups excluding carboxylic acids is 1. The van der Waals surface area contributed by atoms with Gasteiger partial charge in [0.1, 0.15) is 11.3 Å². The summed E-state index contributed by atoms with van der Waals surface area (Å²) in [4.78, 5) is 28.8. The molecule has 1 unspecified atom stereocenters. The molecule has 1 aliphatic heterocycles. The molecule has 2 heterocycles. The molecule has 5 nitrogen and oxygen atoms in total. The molecule has 0 fully saturated rings. The van der Waals surface area contributed by atoms with Crippen LogP contribution in [-0.4, -0.2) is 12.5 Å². The monoisotopic (exact) mass is 439 g/mol. The Morgan fingerprint density at radius 3 is 2.52 bits per heavy atom. The van der Waals surface area contributed by atoms with Crippen LogP contribution in [0.5, 0.6) is 5.75 Å². The van der Waals surface area contributed by atoms with Crippen molar-refractivity contribution < 1.29 is 13.9 Å². The Hall–Kier alpha value is -3.86. The van der Waals surface area contributed by atoms with E-state index in [1.807, 2.05) is 54.6 Å². The van der Waals surface area contributed by atoms with E-state index in [-0.39, 0.29) is 17.1 Å². The summed E-state index contributed by atoms with van der Waals surface area (Å²) < 4.78 is 12.0. The molecule has 5 rings (SSSR count). The Labute approximate surface area is 192 Å². The van der Waals surface area contributed by atoms with Crippen LogP contribution >= 0.6 is 0 Å². The van der Waals surface area contributed by atoms with E-state index in [1.165, 1.54) is 0 Å². The number of fused-ring (bicyclic) bond motifs is 2. The molecule has 0 saturated carbocycles. The quantitative estimate of drug-likeness (QED) is 0.326. The van der Waals surface area contributed by atoms with E-state index in [2.05, 4.69) is 6.92 Å². The molecule has 0 aliphatic carbocycles. The van der Waals surface area contributed by atoms with Gasteiger partial charge >= 0.3 is 0 Å². The van der Waals surface area contributed by atoms with Gasteiger partial charge in [-0.05, 0) is 48.4 Å². The predicted molar refractivity (Wildman–Crippen MR) is 129 cm³/mol. The maximum atomic E-state index is 13.6. The number of ether oxygens (including phenoxy) is 1. The van der Waals surface area contributed by atoms with E-state index in [1.54, 1.807) is 29.2 Å². The lowest BCUT2D eigenvalue weighted by Crippen LogP contribution is -2.29. The van der Waals surface area contributed by atoms with Crippen molar-refractivity contribution in [3.05, 3.63) is 106 Å². The van der Waals surface area contributed by atoms with Gasteiger partial charge in [-0.25, -0.2) is 0 Å². The zero-order valence-corrected chi connectivity index (χ0v) is 18.5. The molecular formula is C28H25NO4. The third-order valence-electron chi connectivity index (χ3n) is 6.00. The summed E-state index contributed by atoms with van der Waals surface area (Å²) in [5.41, 5.74) is 2.11. The lowest BCUT2D eigenvalue weighted by molar-refractivity contribution is 0.0971. The number of amides is 1. The van der Waals surface area contributed by atoms with Crippen molar-refractivity contribution in [1.29, 1.82) is 0 Å². The summed E-state index contributed by atoms with van der Waals surface area (Å²) in [5.74, 6) is 0.503. The minimum Gasteiger partial charge on any atom is -0.494 e. The van der Waals surface area contributed by atoms with Crippen molar-refractivity contribution in [2.45, 2.75) is 32.2 Å². The van der Waals surface area contributed by atoms with E-state index in [4.69, 9.17) is 9.15 Å². The van der Waals surface area contributed by atoms with Gasteiger partial charge in [-0.1, -0.05) is 62.2 Å². The molecule has 5 heteroatoms. The van der Waals surface area contributed by atoms with E-state index >= 15 is 0 Å². The molecule has 3 aromatic carbocycles. The number of nitrogens with zero attached hydrogens (tertiary/aromatic N) is 1. The first kappa shape index (κ1) is 21.0. The Morgan fingerprint density at radius 1 is 0.909 bits per heavy atom. The Morgan fingerprint density at radius 2 is 1.70 bits per heavy atom. The van der Waals surface area contributed by atoms with Crippen LogP contribution < -0.4 is 15.1 Å². The molecule has 1 aromatic heterocycles. The molecule has 33 heavy (non-hydrogen) atoms. The Bertz CT molecular complexity index is 1360. The van der Waals surface area contributed by atoms with Crippen LogP contribution in [0.4, 0.5) is 5.69 Å². The number of unbranched alkanes of at least 4 members (excludes halogenated alkanes) is 2. The van der Waals surface area contributed by atoms with Crippen molar-refractivity contribution in [2.75, 3.05) is 11.5 Å². The highest BCUT2D eigenvalue weighted by molar-refractivity contribution is 6.10. The fraction of sp³-hybridized carbons (Fsp3) is 0.214. The molecule has 0 saturated heterocycles. The molecule has 1 amide bonds. The van der Waals surface area contributed by atoms with Gasteiger partial charge in [0.15, 0.2) is 5.43 Å². The number of hydrogen-bond acceptors (Lipinski definition) is 4. The van der Waals surface area contributed by atoms with Gasteiger partial charge in [0, 0.05) is 5.69 Å². The zero-order valence-electron chi connectivity index (χ0n) is 18.5. The average molecular weight is 440 g/mol. The molecular weight excluding hydrogens is 414 g/mol. The van der Waals surface area contributed by atoms with Gasteiger partial charge in [0.2, 0.25) is 5.76 Å². The highest BCUT2D eigenvalue weighted by Gasteiger charge is 2.43. The second-order valence-corrected chi connectivity index (χ2v) is 8.21. The first-order valence-corrected chi connectivity index (χ1v) is 11.4. The summed E-state index contributed by atoms with van der Waals surface area (Å²) >= 11 is 0. The predicted octanol–water partition coefficient (Wildman–Crippen LogP) is 6.11. The largest absolute Gasteiger partial charge is 0.494 e. The highest BCUT2D eigenvalue weighted by atomic mass is 16.5. The van der Waals surface area contributed by atoms with Gasteiger partial charge < -0.3 is 9.15 Å². The minimum absolute atomic E-state index is 0.0989. The normalized spacial score (nSPS) is 15.1. The third-order valence-corrected chi connectivity index (χ3v) is 6.00. The number of rotatable bonds is 7.